The van der Waals surface area contributed by atoms with Gasteiger partial charge < -0.3 is 4.90 Å². The Labute approximate surface area is 132 Å². The van der Waals surface area contributed by atoms with E-state index in [9.17, 15) is 13.2 Å². The molecule has 8 heteroatoms. The van der Waals surface area contributed by atoms with Crippen LogP contribution in [-0.4, -0.2) is 32.3 Å². The van der Waals surface area contributed by atoms with E-state index in [1.54, 1.807) is 11.9 Å². The standard InChI is InChI=1S/C12H12Cl3NO3S/c1-16(7-3-2-4-7)12(17)8-5-11(20(15,18)19)10(14)6-9(8)13/h5-7H,2-4H2,1H3. The van der Waals surface area contributed by atoms with E-state index in [1.807, 2.05) is 0 Å². The number of carbonyl (C=O) groups is 1. The third-order valence-electron chi connectivity index (χ3n) is 3.46. The molecule has 1 aromatic rings. The van der Waals surface area contributed by atoms with Gasteiger partial charge >= 0.3 is 0 Å². The topological polar surface area (TPSA) is 54.5 Å². The van der Waals surface area contributed by atoms with Gasteiger partial charge in [-0.1, -0.05) is 23.2 Å². The molecule has 0 radical (unpaired) electrons. The van der Waals surface area contributed by atoms with Crippen LogP contribution in [0.5, 0.6) is 0 Å². The van der Waals surface area contributed by atoms with Gasteiger partial charge in [0.15, 0.2) is 0 Å². The summed E-state index contributed by atoms with van der Waals surface area (Å²) in [6.07, 6.45) is 2.96. The highest BCUT2D eigenvalue weighted by Crippen LogP contribution is 2.32. The van der Waals surface area contributed by atoms with Crippen LogP contribution in [0.3, 0.4) is 0 Å². The van der Waals surface area contributed by atoms with Crippen LogP contribution >= 0.6 is 33.9 Å². The zero-order chi connectivity index (χ0) is 15.1. The van der Waals surface area contributed by atoms with Crippen LogP contribution in [0.25, 0.3) is 0 Å². The molecule has 1 fully saturated rings. The second-order valence-electron chi connectivity index (χ2n) is 4.70. The first kappa shape index (κ1) is 15.9. The van der Waals surface area contributed by atoms with Crippen molar-refractivity contribution in [2.24, 2.45) is 0 Å². The number of carbonyl (C=O) groups excluding carboxylic acids is 1. The van der Waals surface area contributed by atoms with E-state index in [1.165, 1.54) is 6.07 Å². The fourth-order valence-electron chi connectivity index (χ4n) is 2.01. The molecule has 0 unspecified atom stereocenters. The van der Waals surface area contributed by atoms with Crippen molar-refractivity contribution in [3.63, 3.8) is 0 Å². The number of hydrogen-bond acceptors (Lipinski definition) is 3. The summed E-state index contributed by atoms with van der Waals surface area (Å²) >= 11 is 11.8. The minimum Gasteiger partial charge on any atom is -0.339 e. The highest BCUT2D eigenvalue weighted by Gasteiger charge is 2.29. The average Bonchev–Trinajstić information content (AvgIpc) is 2.23. The van der Waals surface area contributed by atoms with Crippen molar-refractivity contribution in [1.82, 2.24) is 4.90 Å². The van der Waals surface area contributed by atoms with Crippen LogP contribution in [-0.2, 0) is 9.05 Å². The summed E-state index contributed by atoms with van der Waals surface area (Å²) in [5.74, 6) is -0.335. The van der Waals surface area contributed by atoms with Gasteiger partial charge in [0, 0.05) is 23.8 Å². The summed E-state index contributed by atoms with van der Waals surface area (Å²) in [6, 6.07) is 2.52. The molecule has 0 spiro atoms. The van der Waals surface area contributed by atoms with Crippen molar-refractivity contribution < 1.29 is 13.2 Å². The molecule has 0 N–H and O–H groups in total. The Morgan fingerprint density at radius 2 is 1.85 bits per heavy atom. The Kier molecular flexibility index (Phi) is 4.54. The summed E-state index contributed by atoms with van der Waals surface area (Å²) in [7, 11) is 2.93. The number of benzene rings is 1. The molecular weight excluding hydrogens is 345 g/mol. The number of amides is 1. The number of halogens is 3. The van der Waals surface area contributed by atoms with Gasteiger partial charge in [-0.2, -0.15) is 0 Å². The molecule has 0 aromatic heterocycles. The molecule has 0 heterocycles. The summed E-state index contributed by atoms with van der Waals surface area (Å²) < 4.78 is 22.8. The molecule has 1 amide bonds. The molecule has 0 atom stereocenters. The maximum atomic E-state index is 12.4. The van der Waals surface area contributed by atoms with Crippen LogP contribution in [0.1, 0.15) is 29.6 Å². The van der Waals surface area contributed by atoms with E-state index >= 15 is 0 Å². The molecule has 1 aliphatic carbocycles. The third kappa shape index (κ3) is 3.06. The maximum absolute atomic E-state index is 12.4. The molecule has 4 nitrogen and oxygen atoms in total. The molecule has 20 heavy (non-hydrogen) atoms. The highest BCUT2D eigenvalue weighted by atomic mass is 35.7. The summed E-state index contributed by atoms with van der Waals surface area (Å²) in [5, 5.41) is 0.00286. The van der Waals surface area contributed by atoms with Gasteiger partial charge in [-0.25, -0.2) is 8.42 Å². The van der Waals surface area contributed by atoms with E-state index < -0.39 is 9.05 Å². The molecular formula is C12H12Cl3NO3S. The first-order valence-electron chi connectivity index (χ1n) is 5.92. The Balaban J connectivity index is 2.43. The lowest BCUT2D eigenvalue weighted by molar-refractivity contribution is 0.0652. The molecule has 0 bridgehead atoms. The van der Waals surface area contributed by atoms with Gasteiger partial charge in [0.25, 0.3) is 15.0 Å². The molecule has 110 valence electrons. The largest absolute Gasteiger partial charge is 0.339 e. The van der Waals surface area contributed by atoms with Crippen LogP contribution in [0.4, 0.5) is 0 Å². The number of hydrogen-bond donors (Lipinski definition) is 0. The predicted octanol–water partition coefficient (Wildman–Crippen LogP) is 3.55. The second-order valence-corrected chi connectivity index (χ2v) is 8.05. The molecule has 0 aliphatic heterocycles. The second kappa shape index (κ2) is 5.72. The van der Waals surface area contributed by atoms with Crippen LogP contribution in [0.15, 0.2) is 17.0 Å². The van der Waals surface area contributed by atoms with Gasteiger partial charge in [0.1, 0.15) is 4.90 Å². The van der Waals surface area contributed by atoms with Crippen LogP contribution < -0.4 is 0 Å². The first-order valence-corrected chi connectivity index (χ1v) is 8.99. The maximum Gasteiger partial charge on any atom is 0.262 e. The van der Waals surface area contributed by atoms with Gasteiger partial charge in [0.2, 0.25) is 0 Å². The zero-order valence-electron chi connectivity index (χ0n) is 10.6. The normalized spacial score (nSPS) is 15.8. The zero-order valence-corrected chi connectivity index (χ0v) is 13.7. The fourth-order valence-corrected chi connectivity index (χ4v) is 3.83. The first-order chi connectivity index (χ1) is 9.21. The minimum absolute atomic E-state index is 0.0877. The van der Waals surface area contributed by atoms with E-state index in [-0.39, 0.29) is 32.5 Å². The number of nitrogens with zero attached hydrogens (tertiary/aromatic N) is 1. The smallest absolute Gasteiger partial charge is 0.262 e. The van der Waals surface area contributed by atoms with Gasteiger partial charge in [-0.15, -0.1) is 0 Å². The Hall–Kier alpha value is -0.490. The lowest BCUT2D eigenvalue weighted by Crippen LogP contribution is -2.41. The van der Waals surface area contributed by atoms with E-state index in [2.05, 4.69) is 0 Å². The van der Waals surface area contributed by atoms with Crippen LogP contribution in [0.2, 0.25) is 10.0 Å². The Morgan fingerprint density at radius 3 is 2.30 bits per heavy atom. The lowest BCUT2D eigenvalue weighted by atomic mass is 9.91. The summed E-state index contributed by atoms with van der Waals surface area (Å²) in [5.41, 5.74) is 0.0877. The average molecular weight is 357 g/mol. The monoisotopic (exact) mass is 355 g/mol. The van der Waals surface area contributed by atoms with E-state index in [0.29, 0.717) is 0 Å². The van der Waals surface area contributed by atoms with Crippen molar-refractivity contribution >= 4 is 48.8 Å². The molecule has 1 aromatic carbocycles. The third-order valence-corrected chi connectivity index (χ3v) is 5.56. The minimum atomic E-state index is -4.03. The summed E-state index contributed by atoms with van der Waals surface area (Å²) in [4.78, 5) is 13.6. The fraction of sp³-hybridized carbons (Fsp3) is 0.417. The number of rotatable bonds is 3. The SMILES string of the molecule is CN(C(=O)c1cc(S(=O)(=O)Cl)c(Cl)cc1Cl)C1CCC1. The van der Waals surface area contributed by atoms with Crippen molar-refractivity contribution in [2.75, 3.05) is 7.05 Å². The molecule has 1 saturated carbocycles. The molecule has 0 saturated heterocycles. The van der Waals surface area contributed by atoms with Gasteiger partial charge in [-0.3, -0.25) is 4.79 Å². The summed E-state index contributed by atoms with van der Waals surface area (Å²) in [6.45, 7) is 0. The predicted molar refractivity (Wildman–Crippen MR) is 79.2 cm³/mol. The van der Waals surface area contributed by atoms with Crippen molar-refractivity contribution in [3.8, 4) is 0 Å². The van der Waals surface area contributed by atoms with Gasteiger partial charge in [-0.05, 0) is 31.4 Å². The lowest BCUT2D eigenvalue weighted by Gasteiger charge is -2.35. The Bertz CT molecular complexity index is 656. The van der Waals surface area contributed by atoms with Crippen LogP contribution in [0, 0.1) is 0 Å². The van der Waals surface area contributed by atoms with E-state index in [4.69, 9.17) is 33.9 Å². The van der Waals surface area contributed by atoms with Crippen molar-refractivity contribution in [1.29, 1.82) is 0 Å². The van der Waals surface area contributed by atoms with Crippen molar-refractivity contribution in [2.45, 2.75) is 30.2 Å². The van der Waals surface area contributed by atoms with Gasteiger partial charge in [0.05, 0.1) is 15.6 Å². The molecule has 2 rings (SSSR count). The Morgan fingerprint density at radius 1 is 1.25 bits per heavy atom. The molecule has 1 aliphatic rings. The highest BCUT2D eigenvalue weighted by molar-refractivity contribution is 8.13. The van der Waals surface area contributed by atoms with E-state index in [0.717, 1.165) is 25.3 Å². The quantitative estimate of drug-likeness (QED) is 0.778. The van der Waals surface area contributed by atoms with Crippen molar-refractivity contribution in [3.05, 3.63) is 27.7 Å².